The minimum atomic E-state index is 0.670. The van der Waals surface area contributed by atoms with Gasteiger partial charge in [0.05, 0.1) is 6.61 Å². The van der Waals surface area contributed by atoms with Gasteiger partial charge in [-0.05, 0) is 37.5 Å². The lowest BCUT2D eigenvalue weighted by Crippen LogP contribution is -2.29. The van der Waals surface area contributed by atoms with Gasteiger partial charge in [0, 0.05) is 22.6 Å². The fourth-order valence-electron chi connectivity index (χ4n) is 2.95. The summed E-state index contributed by atoms with van der Waals surface area (Å²) in [5.41, 5.74) is 1.26. The van der Waals surface area contributed by atoms with Crippen LogP contribution in [0.3, 0.4) is 0 Å². The van der Waals surface area contributed by atoms with Crippen molar-refractivity contribution in [3.63, 3.8) is 0 Å². The van der Waals surface area contributed by atoms with Crippen LogP contribution >= 0.6 is 15.9 Å². The van der Waals surface area contributed by atoms with Crippen LogP contribution in [0.4, 0.5) is 0 Å². The quantitative estimate of drug-likeness (QED) is 0.734. The van der Waals surface area contributed by atoms with Gasteiger partial charge < -0.3 is 10.1 Å². The molecular formula is C18H28BrNO. The predicted molar refractivity (Wildman–Crippen MR) is 92.9 cm³/mol. The summed E-state index contributed by atoms with van der Waals surface area (Å²) in [5.74, 6) is 1.03. The summed E-state index contributed by atoms with van der Waals surface area (Å²) in [6.07, 6.45) is 10.7. The van der Waals surface area contributed by atoms with Gasteiger partial charge in [-0.1, -0.05) is 55.0 Å². The van der Waals surface area contributed by atoms with Crippen molar-refractivity contribution in [1.29, 1.82) is 0 Å². The average molecular weight is 354 g/mol. The van der Waals surface area contributed by atoms with E-state index in [4.69, 9.17) is 4.74 Å². The second-order valence-electron chi connectivity index (χ2n) is 6.02. The lowest BCUT2D eigenvalue weighted by molar-refractivity contribution is 0.311. The van der Waals surface area contributed by atoms with Crippen LogP contribution in [0, 0.1) is 0 Å². The molecule has 0 radical (unpaired) electrons. The van der Waals surface area contributed by atoms with Crippen molar-refractivity contribution in [2.45, 2.75) is 70.9 Å². The molecule has 2 rings (SSSR count). The van der Waals surface area contributed by atoms with Crippen LogP contribution in [-0.2, 0) is 6.54 Å². The third-order valence-electron chi connectivity index (χ3n) is 4.17. The van der Waals surface area contributed by atoms with Crippen LogP contribution in [-0.4, -0.2) is 12.6 Å². The van der Waals surface area contributed by atoms with Gasteiger partial charge in [0.15, 0.2) is 0 Å². The van der Waals surface area contributed by atoms with E-state index in [2.05, 4.69) is 46.4 Å². The van der Waals surface area contributed by atoms with Gasteiger partial charge in [0.1, 0.15) is 5.75 Å². The minimum Gasteiger partial charge on any atom is -0.493 e. The molecule has 1 aliphatic carbocycles. The van der Waals surface area contributed by atoms with E-state index in [9.17, 15) is 0 Å². The van der Waals surface area contributed by atoms with Gasteiger partial charge in [0.25, 0.3) is 0 Å². The van der Waals surface area contributed by atoms with Gasteiger partial charge in [-0.3, -0.25) is 0 Å². The number of nitrogens with one attached hydrogen (secondary N) is 1. The molecule has 3 heteroatoms. The summed E-state index contributed by atoms with van der Waals surface area (Å²) in [6.45, 7) is 3.84. The van der Waals surface area contributed by atoms with Crippen molar-refractivity contribution in [2.24, 2.45) is 0 Å². The summed E-state index contributed by atoms with van der Waals surface area (Å²) < 4.78 is 6.99. The Hall–Kier alpha value is -0.540. The Bertz CT molecular complexity index is 414. The van der Waals surface area contributed by atoms with Gasteiger partial charge in [-0.2, -0.15) is 0 Å². The first-order chi connectivity index (χ1) is 10.3. The Kier molecular flexibility index (Phi) is 7.59. The van der Waals surface area contributed by atoms with E-state index >= 15 is 0 Å². The van der Waals surface area contributed by atoms with Crippen molar-refractivity contribution in [3.05, 3.63) is 28.2 Å². The van der Waals surface area contributed by atoms with E-state index < -0.39 is 0 Å². The average Bonchev–Trinajstić information content (AvgIpc) is 2.45. The monoisotopic (exact) mass is 353 g/mol. The van der Waals surface area contributed by atoms with Crippen LogP contribution in [0.2, 0.25) is 0 Å². The third-order valence-corrected chi connectivity index (χ3v) is 4.66. The van der Waals surface area contributed by atoms with Crippen LogP contribution in [0.25, 0.3) is 0 Å². The van der Waals surface area contributed by atoms with E-state index in [-0.39, 0.29) is 0 Å². The van der Waals surface area contributed by atoms with Crippen LogP contribution in [0.15, 0.2) is 22.7 Å². The van der Waals surface area contributed by atoms with Gasteiger partial charge >= 0.3 is 0 Å². The molecule has 118 valence electrons. The third kappa shape index (κ3) is 5.99. The maximum Gasteiger partial charge on any atom is 0.123 e. The molecule has 0 bridgehead atoms. The smallest absolute Gasteiger partial charge is 0.123 e. The number of rotatable bonds is 6. The second kappa shape index (κ2) is 9.47. The van der Waals surface area contributed by atoms with Crippen LogP contribution < -0.4 is 10.1 Å². The molecule has 1 aromatic carbocycles. The second-order valence-corrected chi connectivity index (χ2v) is 6.94. The Morgan fingerprint density at radius 1 is 1.14 bits per heavy atom. The zero-order chi connectivity index (χ0) is 14.9. The summed E-state index contributed by atoms with van der Waals surface area (Å²) in [7, 11) is 0. The SMILES string of the molecule is CCCOc1ccc(Br)cc1CNC1CCCCCCC1. The highest BCUT2D eigenvalue weighted by molar-refractivity contribution is 9.10. The number of hydrogen-bond donors (Lipinski definition) is 1. The molecule has 0 unspecified atom stereocenters. The van der Waals surface area contributed by atoms with Gasteiger partial charge in [-0.15, -0.1) is 0 Å². The number of hydrogen-bond acceptors (Lipinski definition) is 2. The first-order valence-corrected chi connectivity index (χ1v) is 9.23. The maximum absolute atomic E-state index is 5.87. The summed E-state index contributed by atoms with van der Waals surface area (Å²) in [6, 6.07) is 6.99. The highest BCUT2D eigenvalue weighted by atomic mass is 79.9. The fraction of sp³-hybridized carbons (Fsp3) is 0.667. The number of halogens is 1. The Morgan fingerprint density at radius 2 is 1.86 bits per heavy atom. The maximum atomic E-state index is 5.87. The molecule has 2 nitrogen and oxygen atoms in total. The van der Waals surface area contributed by atoms with E-state index in [0.29, 0.717) is 6.04 Å². The molecule has 21 heavy (non-hydrogen) atoms. The van der Waals surface area contributed by atoms with Gasteiger partial charge in [0.2, 0.25) is 0 Å². The van der Waals surface area contributed by atoms with E-state index in [1.165, 1.54) is 50.5 Å². The molecule has 0 spiro atoms. The van der Waals surface area contributed by atoms with Crippen molar-refractivity contribution in [1.82, 2.24) is 5.32 Å². The summed E-state index contributed by atoms with van der Waals surface area (Å²) in [5, 5.41) is 3.75. The van der Waals surface area contributed by atoms with E-state index in [1.54, 1.807) is 0 Å². The van der Waals surface area contributed by atoms with Crippen molar-refractivity contribution in [3.8, 4) is 5.75 Å². The van der Waals surface area contributed by atoms with E-state index in [0.717, 1.165) is 29.8 Å². The zero-order valence-corrected chi connectivity index (χ0v) is 14.8. The van der Waals surface area contributed by atoms with Crippen molar-refractivity contribution < 1.29 is 4.74 Å². The Labute approximate surface area is 137 Å². The highest BCUT2D eigenvalue weighted by Crippen LogP contribution is 2.24. The standard InChI is InChI=1S/C18H28BrNO/c1-2-12-21-18-11-10-16(19)13-15(18)14-20-17-8-6-4-3-5-7-9-17/h10-11,13,17,20H,2-9,12,14H2,1H3. The molecule has 1 saturated carbocycles. The summed E-state index contributed by atoms with van der Waals surface area (Å²) >= 11 is 3.57. The molecule has 0 aliphatic heterocycles. The first-order valence-electron chi connectivity index (χ1n) is 8.44. The minimum absolute atomic E-state index is 0.670. The molecule has 0 aromatic heterocycles. The highest BCUT2D eigenvalue weighted by Gasteiger charge is 2.12. The van der Waals surface area contributed by atoms with Crippen LogP contribution in [0.5, 0.6) is 5.75 Å². The molecular weight excluding hydrogens is 326 g/mol. The van der Waals surface area contributed by atoms with Gasteiger partial charge in [-0.25, -0.2) is 0 Å². The molecule has 1 aliphatic rings. The zero-order valence-electron chi connectivity index (χ0n) is 13.2. The molecule has 1 fully saturated rings. The number of benzene rings is 1. The molecule has 0 saturated heterocycles. The Balaban J connectivity index is 1.92. The normalized spacial score (nSPS) is 17.2. The van der Waals surface area contributed by atoms with E-state index in [1.807, 2.05) is 0 Å². The van der Waals surface area contributed by atoms with Crippen molar-refractivity contribution >= 4 is 15.9 Å². The number of ether oxygens (including phenoxy) is 1. The molecule has 1 aromatic rings. The molecule has 0 heterocycles. The van der Waals surface area contributed by atoms with Crippen LogP contribution in [0.1, 0.15) is 63.9 Å². The lowest BCUT2D eigenvalue weighted by atomic mass is 9.96. The predicted octanol–water partition coefficient (Wildman–Crippen LogP) is 5.44. The first kappa shape index (κ1) is 16.8. The lowest BCUT2D eigenvalue weighted by Gasteiger charge is -2.22. The molecule has 0 amide bonds. The largest absolute Gasteiger partial charge is 0.493 e. The van der Waals surface area contributed by atoms with Crippen molar-refractivity contribution in [2.75, 3.05) is 6.61 Å². The summed E-state index contributed by atoms with van der Waals surface area (Å²) in [4.78, 5) is 0. The molecule has 1 N–H and O–H groups in total. The molecule has 0 atom stereocenters. The fourth-order valence-corrected chi connectivity index (χ4v) is 3.36. The topological polar surface area (TPSA) is 21.3 Å². The Morgan fingerprint density at radius 3 is 2.57 bits per heavy atom.